The molecule has 0 saturated heterocycles. The minimum absolute atomic E-state index is 0.151. The highest BCUT2D eigenvalue weighted by molar-refractivity contribution is 7.89. The lowest BCUT2D eigenvalue weighted by atomic mass is 10.2. The average Bonchev–Trinajstić information content (AvgIpc) is 3.29. The predicted molar refractivity (Wildman–Crippen MR) is 136 cm³/mol. The molecule has 0 atom stereocenters. The number of aromatic nitrogens is 2. The summed E-state index contributed by atoms with van der Waals surface area (Å²) in [6, 6.07) is 15.2. The van der Waals surface area contributed by atoms with Gasteiger partial charge in [-0.15, -0.1) is 0 Å². The molecule has 2 aromatic carbocycles. The lowest BCUT2D eigenvalue weighted by Crippen LogP contribution is -2.31. The fourth-order valence-corrected chi connectivity index (χ4v) is 6.28. The van der Waals surface area contributed by atoms with Crippen LogP contribution in [0.5, 0.6) is 0 Å². The zero-order chi connectivity index (χ0) is 24.3. The van der Waals surface area contributed by atoms with Gasteiger partial charge >= 0.3 is 0 Å². The number of hydrogen-bond donors (Lipinski definition) is 0. The predicted octanol–water partition coefficient (Wildman–Crippen LogP) is 5.22. The molecule has 0 saturated carbocycles. The van der Waals surface area contributed by atoms with E-state index in [9.17, 15) is 13.2 Å². The molecular formula is C24H23ClN4O3S2. The maximum Gasteiger partial charge on any atom is 0.260 e. The molecule has 0 unspecified atom stereocenters. The van der Waals surface area contributed by atoms with Crippen molar-refractivity contribution in [3.05, 3.63) is 83.1 Å². The summed E-state index contributed by atoms with van der Waals surface area (Å²) in [6.07, 6.45) is 3.36. The van der Waals surface area contributed by atoms with Crippen LogP contribution in [-0.2, 0) is 16.6 Å². The maximum absolute atomic E-state index is 13.6. The first kappa shape index (κ1) is 24.3. The van der Waals surface area contributed by atoms with E-state index < -0.39 is 10.0 Å². The lowest BCUT2D eigenvalue weighted by Gasteiger charge is -2.21. The van der Waals surface area contributed by atoms with Gasteiger partial charge in [-0.05, 0) is 48.0 Å². The summed E-state index contributed by atoms with van der Waals surface area (Å²) < 4.78 is 27.9. The second-order valence-corrected chi connectivity index (χ2v) is 10.8. The standard InChI is InChI=1S/C24H23ClN4O3S2/c1-3-28(4-2)34(31,32)19-12-10-18(11-13-19)23(30)29(16-17-7-6-14-26-15-17)24-27-22-20(25)8-5-9-21(22)33-24/h5-15H,3-4,16H2,1-2H3. The van der Waals surface area contributed by atoms with E-state index in [1.807, 2.05) is 18.2 Å². The SMILES string of the molecule is CCN(CC)S(=O)(=O)c1ccc(C(=O)N(Cc2cccnc2)c2nc3c(Cl)cccc3s2)cc1. The van der Waals surface area contributed by atoms with Crippen molar-refractivity contribution >= 4 is 54.2 Å². The molecule has 34 heavy (non-hydrogen) atoms. The van der Waals surface area contributed by atoms with Gasteiger partial charge in [0.05, 0.1) is 21.2 Å². The topological polar surface area (TPSA) is 83.5 Å². The molecule has 2 aromatic heterocycles. The number of para-hydroxylation sites is 1. The van der Waals surface area contributed by atoms with Crippen LogP contribution >= 0.6 is 22.9 Å². The molecule has 4 rings (SSSR count). The third kappa shape index (κ3) is 4.83. The minimum Gasteiger partial charge on any atom is -0.279 e. The first-order chi connectivity index (χ1) is 16.3. The molecule has 2 heterocycles. The molecule has 0 aliphatic carbocycles. The number of benzene rings is 2. The van der Waals surface area contributed by atoms with Crippen molar-refractivity contribution in [3.63, 3.8) is 0 Å². The molecule has 10 heteroatoms. The van der Waals surface area contributed by atoms with Crippen molar-refractivity contribution in [1.29, 1.82) is 0 Å². The van der Waals surface area contributed by atoms with Crippen LogP contribution in [0, 0.1) is 0 Å². The van der Waals surface area contributed by atoms with E-state index in [4.69, 9.17) is 11.6 Å². The van der Waals surface area contributed by atoms with Crippen LogP contribution in [0.1, 0.15) is 29.8 Å². The molecule has 1 amide bonds. The number of hydrogen-bond acceptors (Lipinski definition) is 6. The van der Waals surface area contributed by atoms with E-state index in [0.29, 0.717) is 34.3 Å². The number of nitrogens with zero attached hydrogens (tertiary/aromatic N) is 4. The van der Waals surface area contributed by atoms with Crippen LogP contribution in [0.25, 0.3) is 10.2 Å². The Bertz CT molecular complexity index is 1400. The van der Waals surface area contributed by atoms with E-state index in [2.05, 4.69) is 9.97 Å². The van der Waals surface area contributed by atoms with Crippen molar-refractivity contribution in [1.82, 2.24) is 14.3 Å². The van der Waals surface area contributed by atoms with Crippen LogP contribution in [0.2, 0.25) is 5.02 Å². The molecular weight excluding hydrogens is 492 g/mol. The van der Waals surface area contributed by atoms with E-state index in [-0.39, 0.29) is 17.3 Å². The number of carbonyl (C=O) groups excluding carboxylic acids is 1. The highest BCUT2D eigenvalue weighted by Crippen LogP contribution is 2.34. The molecule has 7 nitrogen and oxygen atoms in total. The number of thiazole rings is 1. The summed E-state index contributed by atoms with van der Waals surface area (Å²) in [6.45, 7) is 4.58. The number of fused-ring (bicyclic) bond motifs is 1. The summed E-state index contributed by atoms with van der Waals surface area (Å²) in [5, 5.41) is 1.01. The smallest absolute Gasteiger partial charge is 0.260 e. The van der Waals surface area contributed by atoms with E-state index in [1.54, 1.807) is 43.3 Å². The van der Waals surface area contributed by atoms with Gasteiger partial charge in [-0.3, -0.25) is 14.7 Å². The monoisotopic (exact) mass is 514 g/mol. The van der Waals surface area contributed by atoms with Crippen LogP contribution in [-0.4, -0.2) is 41.7 Å². The Hall–Kier alpha value is -2.85. The number of pyridine rings is 1. The van der Waals surface area contributed by atoms with Crippen LogP contribution in [0.15, 0.2) is 71.9 Å². The number of sulfonamides is 1. The number of halogens is 1. The molecule has 0 N–H and O–H groups in total. The molecule has 0 aliphatic heterocycles. The second-order valence-electron chi connectivity index (χ2n) is 7.45. The Labute approximate surface area is 207 Å². The Morgan fingerprint density at radius 1 is 1.03 bits per heavy atom. The minimum atomic E-state index is -3.61. The van der Waals surface area contributed by atoms with Crippen molar-refractivity contribution in [2.75, 3.05) is 18.0 Å². The van der Waals surface area contributed by atoms with Gasteiger partial charge in [0, 0.05) is 31.0 Å². The Balaban J connectivity index is 1.71. The van der Waals surface area contributed by atoms with Gasteiger partial charge < -0.3 is 0 Å². The zero-order valence-corrected chi connectivity index (χ0v) is 21.1. The summed E-state index contributed by atoms with van der Waals surface area (Å²) in [7, 11) is -3.61. The molecule has 4 aromatic rings. The van der Waals surface area contributed by atoms with Gasteiger partial charge in [-0.2, -0.15) is 4.31 Å². The van der Waals surface area contributed by atoms with Gasteiger partial charge in [-0.1, -0.05) is 48.9 Å². The maximum atomic E-state index is 13.6. The van der Waals surface area contributed by atoms with E-state index >= 15 is 0 Å². The number of amides is 1. The quantitative estimate of drug-likeness (QED) is 0.322. The Kier molecular flexibility index (Phi) is 7.27. The highest BCUT2D eigenvalue weighted by atomic mass is 35.5. The third-order valence-electron chi connectivity index (χ3n) is 5.34. The summed E-state index contributed by atoms with van der Waals surface area (Å²) >= 11 is 7.68. The lowest BCUT2D eigenvalue weighted by molar-refractivity contribution is 0.0985. The second kappa shape index (κ2) is 10.2. The first-order valence-electron chi connectivity index (χ1n) is 10.7. The third-order valence-corrected chi connectivity index (χ3v) is 8.76. The molecule has 0 aliphatic rings. The average molecular weight is 515 g/mol. The van der Waals surface area contributed by atoms with E-state index in [0.717, 1.165) is 10.3 Å². The van der Waals surface area contributed by atoms with Crippen LogP contribution in [0.4, 0.5) is 5.13 Å². The fourth-order valence-electron chi connectivity index (χ4n) is 3.56. The summed E-state index contributed by atoms with van der Waals surface area (Å²) in [5.41, 5.74) is 1.82. The number of rotatable bonds is 8. The van der Waals surface area contributed by atoms with Crippen LogP contribution in [0.3, 0.4) is 0 Å². The molecule has 0 radical (unpaired) electrons. The first-order valence-corrected chi connectivity index (χ1v) is 13.3. The van der Waals surface area contributed by atoms with Gasteiger partial charge in [0.1, 0.15) is 5.52 Å². The van der Waals surface area contributed by atoms with Crippen molar-refractivity contribution in [2.24, 2.45) is 0 Å². The van der Waals surface area contributed by atoms with Crippen molar-refractivity contribution in [2.45, 2.75) is 25.3 Å². The summed E-state index contributed by atoms with van der Waals surface area (Å²) in [4.78, 5) is 24.1. The number of anilines is 1. The van der Waals surface area contributed by atoms with Gasteiger partial charge in [0.15, 0.2) is 5.13 Å². The fraction of sp³-hybridized carbons (Fsp3) is 0.208. The number of carbonyl (C=O) groups is 1. The molecule has 0 bridgehead atoms. The zero-order valence-electron chi connectivity index (χ0n) is 18.7. The molecule has 0 spiro atoms. The van der Waals surface area contributed by atoms with Crippen molar-refractivity contribution < 1.29 is 13.2 Å². The van der Waals surface area contributed by atoms with Crippen molar-refractivity contribution in [3.8, 4) is 0 Å². The van der Waals surface area contributed by atoms with Gasteiger partial charge in [0.25, 0.3) is 5.91 Å². The van der Waals surface area contributed by atoms with E-state index in [1.165, 1.54) is 39.9 Å². The largest absolute Gasteiger partial charge is 0.279 e. The normalized spacial score (nSPS) is 11.8. The molecule has 0 fully saturated rings. The molecule has 176 valence electrons. The van der Waals surface area contributed by atoms with Crippen LogP contribution < -0.4 is 4.90 Å². The summed E-state index contributed by atoms with van der Waals surface area (Å²) in [5.74, 6) is -0.300. The van der Waals surface area contributed by atoms with Gasteiger partial charge in [0.2, 0.25) is 10.0 Å². The Morgan fingerprint density at radius 3 is 2.38 bits per heavy atom. The Morgan fingerprint density at radius 2 is 1.76 bits per heavy atom. The highest BCUT2D eigenvalue weighted by Gasteiger charge is 2.25. The van der Waals surface area contributed by atoms with Gasteiger partial charge in [-0.25, -0.2) is 13.4 Å².